The summed E-state index contributed by atoms with van der Waals surface area (Å²) < 4.78 is 27.4. The fraction of sp³-hybridized carbons (Fsp3) is 0.143. The maximum atomic E-state index is 13.2. The second-order valence-electron chi connectivity index (χ2n) is 4.16. The van der Waals surface area contributed by atoms with Crippen molar-refractivity contribution < 1.29 is 8.78 Å². The Morgan fingerprint density at radius 2 is 1.80 bits per heavy atom. The van der Waals surface area contributed by atoms with E-state index in [0.717, 1.165) is 15.4 Å². The van der Waals surface area contributed by atoms with Crippen LogP contribution in [0.25, 0.3) is 0 Å². The van der Waals surface area contributed by atoms with Crippen molar-refractivity contribution in [3.05, 3.63) is 64.1 Å². The Morgan fingerprint density at radius 1 is 1.15 bits per heavy atom. The fourth-order valence-electron chi connectivity index (χ4n) is 1.75. The van der Waals surface area contributed by atoms with Crippen LogP contribution < -0.4 is 11.3 Å². The topological polar surface area (TPSA) is 38.0 Å². The average molecular weight is 359 g/mol. The van der Waals surface area contributed by atoms with Gasteiger partial charge in [-0.25, -0.2) is 8.78 Å². The van der Waals surface area contributed by atoms with Gasteiger partial charge in [-0.2, -0.15) is 0 Å². The number of hydrazine groups is 1. The predicted molar refractivity (Wildman–Crippen MR) is 81.3 cm³/mol. The van der Waals surface area contributed by atoms with Crippen LogP contribution in [0.1, 0.15) is 11.6 Å². The third kappa shape index (κ3) is 4.02. The molecular weight excluding hydrogens is 346 g/mol. The summed E-state index contributed by atoms with van der Waals surface area (Å²) in [6, 6.07) is 10.8. The van der Waals surface area contributed by atoms with Crippen molar-refractivity contribution in [2.75, 3.05) is 5.75 Å². The fourth-order valence-corrected chi connectivity index (χ4v) is 3.40. The van der Waals surface area contributed by atoms with E-state index in [-0.39, 0.29) is 6.04 Å². The molecule has 20 heavy (non-hydrogen) atoms. The molecule has 0 aliphatic heterocycles. The molecule has 1 unspecified atom stereocenters. The van der Waals surface area contributed by atoms with E-state index in [1.165, 1.54) is 12.1 Å². The van der Waals surface area contributed by atoms with Crippen molar-refractivity contribution >= 4 is 27.7 Å². The first-order chi connectivity index (χ1) is 9.60. The first kappa shape index (κ1) is 15.4. The van der Waals surface area contributed by atoms with E-state index in [2.05, 4.69) is 21.4 Å². The third-order valence-electron chi connectivity index (χ3n) is 2.73. The van der Waals surface area contributed by atoms with E-state index in [1.807, 2.05) is 24.3 Å². The summed E-state index contributed by atoms with van der Waals surface area (Å²) in [5.41, 5.74) is 3.08. The van der Waals surface area contributed by atoms with Gasteiger partial charge in [0.1, 0.15) is 11.6 Å². The van der Waals surface area contributed by atoms with Crippen LogP contribution in [-0.2, 0) is 0 Å². The number of hydrogen-bond donors (Lipinski definition) is 2. The van der Waals surface area contributed by atoms with Crippen LogP contribution in [0.15, 0.2) is 51.8 Å². The summed E-state index contributed by atoms with van der Waals surface area (Å²) in [5, 5.41) is 0. The number of benzene rings is 2. The molecule has 0 bridgehead atoms. The van der Waals surface area contributed by atoms with Crippen molar-refractivity contribution in [1.29, 1.82) is 0 Å². The Kier molecular flexibility index (Phi) is 5.54. The van der Waals surface area contributed by atoms with E-state index in [9.17, 15) is 8.78 Å². The van der Waals surface area contributed by atoms with Crippen molar-refractivity contribution in [1.82, 2.24) is 5.43 Å². The zero-order valence-electron chi connectivity index (χ0n) is 10.4. The summed E-state index contributed by atoms with van der Waals surface area (Å²) in [7, 11) is 0. The van der Waals surface area contributed by atoms with E-state index < -0.39 is 11.6 Å². The molecule has 0 aliphatic carbocycles. The molecule has 1 atom stereocenters. The van der Waals surface area contributed by atoms with Gasteiger partial charge in [-0.1, -0.05) is 12.1 Å². The summed E-state index contributed by atoms with van der Waals surface area (Å²) in [6.07, 6.45) is 0. The molecule has 2 aromatic carbocycles. The first-order valence-corrected chi connectivity index (χ1v) is 7.67. The summed E-state index contributed by atoms with van der Waals surface area (Å²) in [5.74, 6) is 4.83. The largest absolute Gasteiger partial charge is 0.271 e. The molecule has 0 amide bonds. The molecule has 2 rings (SSSR count). The van der Waals surface area contributed by atoms with Gasteiger partial charge in [0.05, 0.1) is 6.04 Å². The molecular formula is C14H13BrF2N2S. The summed E-state index contributed by atoms with van der Waals surface area (Å²) in [4.78, 5) is 1.05. The van der Waals surface area contributed by atoms with Crippen molar-refractivity contribution in [3.63, 3.8) is 0 Å². The van der Waals surface area contributed by atoms with Crippen molar-refractivity contribution in [2.24, 2.45) is 5.84 Å². The van der Waals surface area contributed by atoms with E-state index in [4.69, 9.17) is 5.84 Å². The minimum Gasteiger partial charge on any atom is -0.271 e. The van der Waals surface area contributed by atoms with Crippen LogP contribution in [0, 0.1) is 11.6 Å². The predicted octanol–water partition coefficient (Wildman–Crippen LogP) is 4.02. The minimum absolute atomic E-state index is 0.336. The average Bonchev–Trinajstić information content (AvgIpc) is 2.40. The Labute approximate surface area is 128 Å². The molecule has 2 aromatic rings. The molecule has 0 spiro atoms. The Morgan fingerprint density at radius 3 is 2.40 bits per heavy atom. The second kappa shape index (κ2) is 7.17. The second-order valence-corrected chi connectivity index (χ2v) is 6.08. The van der Waals surface area contributed by atoms with Crippen LogP contribution in [0.5, 0.6) is 0 Å². The molecule has 0 aliphatic rings. The minimum atomic E-state index is -0.605. The van der Waals surface area contributed by atoms with Gasteiger partial charge in [-0.3, -0.25) is 11.3 Å². The lowest BCUT2D eigenvalue weighted by molar-refractivity contribution is 0.559. The molecule has 0 saturated carbocycles. The zero-order chi connectivity index (χ0) is 14.5. The Hall–Kier alpha value is -0.950. The van der Waals surface area contributed by atoms with Gasteiger partial charge >= 0.3 is 0 Å². The quantitative estimate of drug-likeness (QED) is 0.481. The Bertz CT molecular complexity index is 575. The van der Waals surface area contributed by atoms with E-state index in [0.29, 0.717) is 11.3 Å². The standard InChI is InChI=1S/C14H13BrF2N2S/c15-12-3-1-2-4-14(12)20-8-13(19-18)9-5-10(16)7-11(17)6-9/h1-7,13,19H,8,18H2. The van der Waals surface area contributed by atoms with Crippen LogP contribution in [0.4, 0.5) is 8.78 Å². The smallest absolute Gasteiger partial charge is 0.126 e. The first-order valence-electron chi connectivity index (χ1n) is 5.89. The van der Waals surface area contributed by atoms with Gasteiger partial charge in [-0.05, 0) is 45.8 Å². The molecule has 3 N–H and O–H groups in total. The number of nitrogens with one attached hydrogen (secondary N) is 1. The lowest BCUT2D eigenvalue weighted by Crippen LogP contribution is -2.29. The molecule has 6 heteroatoms. The molecule has 0 aromatic heterocycles. The normalized spacial score (nSPS) is 12.4. The van der Waals surface area contributed by atoms with Crippen molar-refractivity contribution in [3.8, 4) is 0 Å². The highest BCUT2D eigenvalue weighted by atomic mass is 79.9. The molecule has 0 heterocycles. The summed E-state index contributed by atoms with van der Waals surface area (Å²) >= 11 is 5.01. The lowest BCUT2D eigenvalue weighted by Gasteiger charge is -2.16. The molecule has 106 valence electrons. The molecule has 0 radical (unpaired) electrons. The van der Waals surface area contributed by atoms with Gasteiger partial charge in [-0.15, -0.1) is 11.8 Å². The van der Waals surface area contributed by atoms with Gasteiger partial charge in [0, 0.05) is 21.2 Å². The Balaban J connectivity index is 2.11. The maximum Gasteiger partial charge on any atom is 0.126 e. The maximum absolute atomic E-state index is 13.2. The van der Waals surface area contributed by atoms with Gasteiger partial charge in [0.25, 0.3) is 0 Å². The van der Waals surface area contributed by atoms with Crippen LogP contribution in [0.2, 0.25) is 0 Å². The number of thioether (sulfide) groups is 1. The molecule has 2 nitrogen and oxygen atoms in total. The highest BCUT2D eigenvalue weighted by molar-refractivity contribution is 9.10. The van der Waals surface area contributed by atoms with Gasteiger partial charge < -0.3 is 0 Å². The SMILES string of the molecule is NNC(CSc1ccccc1Br)c1cc(F)cc(F)c1. The van der Waals surface area contributed by atoms with E-state index in [1.54, 1.807) is 11.8 Å². The van der Waals surface area contributed by atoms with Crippen LogP contribution in [-0.4, -0.2) is 5.75 Å². The van der Waals surface area contributed by atoms with Crippen LogP contribution >= 0.6 is 27.7 Å². The summed E-state index contributed by atoms with van der Waals surface area (Å²) in [6.45, 7) is 0. The third-order valence-corrected chi connectivity index (χ3v) is 4.85. The number of halogens is 3. The zero-order valence-corrected chi connectivity index (χ0v) is 12.8. The highest BCUT2D eigenvalue weighted by Gasteiger charge is 2.13. The van der Waals surface area contributed by atoms with Crippen LogP contribution in [0.3, 0.4) is 0 Å². The number of rotatable bonds is 5. The van der Waals surface area contributed by atoms with Gasteiger partial charge in [0.2, 0.25) is 0 Å². The van der Waals surface area contributed by atoms with Gasteiger partial charge in [0.15, 0.2) is 0 Å². The molecule has 0 fully saturated rings. The number of hydrogen-bond acceptors (Lipinski definition) is 3. The lowest BCUT2D eigenvalue weighted by atomic mass is 10.1. The highest BCUT2D eigenvalue weighted by Crippen LogP contribution is 2.30. The van der Waals surface area contributed by atoms with Crippen molar-refractivity contribution in [2.45, 2.75) is 10.9 Å². The monoisotopic (exact) mass is 358 g/mol. The number of nitrogens with two attached hydrogens (primary N) is 1. The molecule has 0 saturated heterocycles. The van der Waals surface area contributed by atoms with E-state index >= 15 is 0 Å².